The minimum absolute atomic E-state index is 0.108. The molecule has 12 heteroatoms. The number of hydrogen-bond donors (Lipinski definition) is 2. The molecule has 2 N–H and O–H groups in total. The lowest BCUT2D eigenvalue weighted by atomic mass is 9.82. The van der Waals surface area contributed by atoms with Crippen LogP contribution in [0.4, 0.5) is 32.0 Å². The van der Waals surface area contributed by atoms with Crippen molar-refractivity contribution in [3.8, 4) is 5.75 Å². The van der Waals surface area contributed by atoms with Gasteiger partial charge in [0, 0.05) is 30.5 Å². The van der Waals surface area contributed by atoms with Crippen molar-refractivity contribution in [3.63, 3.8) is 0 Å². The van der Waals surface area contributed by atoms with Gasteiger partial charge in [-0.05, 0) is 79.3 Å². The van der Waals surface area contributed by atoms with Gasteiger partial charge in [0.2, 0.25) is 11.8 Å². The van der Waals surface area contributed by atoms with Gasteiger partial charge < -0.3 is 20.1 Å². The third-order valence-electron chi connectivity index (χ3n) is 9.39. The minimum Gasteiger partial charge on any atom is -0.496 e. The van der Waals surface area contributed by atoms with Crippen LogP contribution in [0.5, 0.6) is 5.75 Å². The van der Waals surface area contributed by atoms with E-state index in [1.807, 2.05) is 0 Å². The highest BCUT2D eigenvalue weighted by molar-refractivity contribution is 5.99. The Hall–Kier alpha value is -3.54. The first-order valence-corrected chi connectivity index (χ1v) is 15.2. The van der Waals surface area contributed by atoms with E-state index in [1.165, 1.54) is 7.11 Å². The van der Waals surface area contributed by atoms with Crippen molar-refractivity contribution in [2.45, 2.75) is 63.3 Å². The van der Waals surface area contributed by atoms with E-state index in [-0.39, 0.29) is 55.1 Å². The standard InChI is InChI=1S/C33H34F6N2O4/c1-44-27-9-4-18(15-45-16-19-13-32(35,36)14-19)11-24(27)30(42)41-29-22-7-6-21(23(22)10-17-2-3-17)28(29)31(43)40-20-5-8-26(34)25(12-20)33(37,38)39/h4-5,8-12,17,19,21-22,28-29H,2-3,6-7,13-16H2,1H3,(H,40,43)(H,41,42)/b23-10-/t21-,22+,28-,29+/m0/s1. The third-order valence-corrected chi connectivity index (χ3v) is 9.39. The molecule has 0 aliphatic heterocycles. The van der Waals surface area contributed by atoms with Crippen molar-refractivity contribution >= 4 is 17.5 Å². The summed E-state index contributed by atoms with van der Waals surface area (Å²) in [7, 11) is 1.42. The average Bonchev–Trinajstić information content (AvgIpc) is 3.64. The third kappa shape index (κ3) is 6.71. The van der Waals surface area contributed by atoms with Crippen LogP contribution in [-0.2, 0) is 22.3 Å². The zero-order chi connectivity index (χ0) is 32.1. The number of anilines is 1. The van der Waals surface area contributed by atoms with E-state index in [0.29, 0.717) is 35.8 Å². The van der Waals surface area contributed by atoms with Gasteiger partial charge in [0.05, 0.1) is 37.4 Å². The van der Waals surface area contributed by atoms with Crippen molar-refractivity contribution in [3.05, 3.63) is 70.6 Å². The molecule has 6 nitrogen and oxygen atoms in total. The fourth-order valence-electron chi connectivity index (χ4n) is 7.10. The zero-order valence-electron chi connectivity index (χ0n) is 24.6. The van der Waals surface area contributed by atoms with Crippen LogP contribution in [0.1, 0.15) is 60.0 Å². The van der Waals surface area contributed by atoms with Crippen molar-refractivity contribution in [1.29, 1.82) is 0 Å². The van der Waals surface area contributed by atoms with Crippen LogP contribution in [-0.4, -0.2) is 37.5 Å². The Kier molecular flexibility index (Phi) is 8.38. The first-order valence-electron chi connectivity index (χ1n) is 15.2. The van der Waals surface area contributed by atoms with Gasteiger partial charge in [0.1, 0.15) is 11.6 Å². The number of methoxy groups -OCH3 is 1. The summed E-state index contributed by atoms with van der Waals surface area (Å²) in [5.74, 6) is -5.69. The van der Waals surface area contributed by atoms with Crippen LogP contribution in [0.25, 0.3) is 0 Å². The Morgan fingerprint density at radius 3 is 2.42 bits per heavy atom. The average molecular weight is 637 g/mol. The molecule has 45 heavy (non-hydrogen) atoms. The van der Waals surface area contributed by atoms with Gasteiger partial charge in [-0.2, -0.15) is 13.2 Å². The summed E-state index contributed by atoms with van der Waals surface area (Å²) in [4.78, 5) is 27.4. The number of carbonyl (C=O) groups is 2. The van der Waals surface area contributed by atoms with E-state index < -0.39 is 47.3 Å². The quantitative estimate of drug-likeness (QED) is 0.215. The molecule has 2 aromatic rings. The summed E-state index contributed by atoms with van der Waals surface area (Å²) >= 11 is 0. The number of amides is 2. The van der Waals surface area contributed by atoms with E-state index in [1.54, 1.807) is 18.2 Å². The maximum absolute atomic E-state index is 13.9. The highest BCUT2D eigenvalue weighted by atomic mass is 19.4. The molecular formula is C33H34F6N2O4. The number of nitrogens with one attached hydrogen (secondary N) is 2. The van der Waals surface area contributed by atoms with Gasteiger partial charge in [0.15, 0.2) is 0 Å². The molecule has 2 bridgehead atoms. The van der Waals surface area contributed by atoms with Crippen LogP contribution in [0, 0.1) is 35.4 Å². The molecule has 0 unspecified atom stereocenters. The summed E-state index contributed by atoms with van der Waals surface area (Å²) in [6.45, 7) is 0.289. The number of alkyl halides is 5. The Morgan fingerprint density at radius 1 is 1.02 bits per heavy atom. The smallest absolute Gasteiger partial charge is 0.419 e. The lowest BCUT2D eigenvalue weighted by Crippen LogP contribution is -2.48. The van der Waals surface area contributed by atoms with Gasteiger partial charge in [-0.1, -0.05) is 17.7 Å². The van der Waals surface area contributed by atoms with E-state index in [9.17, 15) is 35.9 Å². The second-order valence-electron chi connectivity index (χ2n) is 12.7. The van der Waals surface area contributed by atoms with Gasteiger partial charge >= 0.3 is 6.18 Å². The van der Waals surface area contributed by atoms with Crippen LogP contribution >= 0.6 is 0 Å². The molecule has 0 saturated heterocycles. The number of ether oxygens (including phenoxy) is 2. The van der Waals surface area contributed by atoms with E-state index >= 15 is 0 Å². The molecule has 0 spiro atoms. The predicted molar refractivity (Wildman–Crippen MR) is 152 cm³/mol. The number of halogens is 6. The number of benzene rings is 2. The number of allylic oxidation sites excluding steroid dienone is 1. The molecule has 0 aromatic heterocycles. The summed E-state index contributed by atoms with van der Waals surface area (Å²) in [5.41, 5.74) is 0.272. The highest BCUT2D eigenvalue weighted by Gasteiger charge is 2.55. The van der Waals surface area contributed by atoms with Crippen molar-refractivity contribution in [1.82, 2.24) is 5.32 Å². The molecule has 2 amide bonds. The lowest BCUT2D eigenvalue weighted by molar-refractivity contribution is -0.140. The molecule has 242 valence electrons. The SMILES string of the molecule is COc1ccc(COCC2CC(F)(F)C2)cc1C(=O)N[C@H]1[C@@H](C(=O)Nc2ccc(F)c(C(F)(F)F)c2)[C@H]2CC[C@@H]1/C2=C\C1CC1. The number of fused-ring (bicyclic) bond motifs is 2. The largest absolute Gasteiger partial charge is 0.496 e. The van der Waals surface area contributed by atoms with Gasteiger partial charge in [-0.25, -0.2) is 13.2 Å². The lowest BCUT2D eigenvalue weighted by Gasteiger charge is -2.34. The predicted octanol–water partition coefficient (Wildman–Crippen LogP) is 7.14. The molecule has 4 fully saturated rings. The maximum Gasteiger partial charge on any atom is 0.419 e. The Balaban J connectivity index is 1.20. The van der Waals surface area contributed by atoms with Crippen LogP contribution in [0.2, 0.25) is 0 Å². The topological polar surface area (TPSA) is 76.7 Å². The molecule has 4 aliphatic carbocycles. The van der Waals surface area contributed by atoms with Crippen molar-refractivity contribution in [2.24, 2.45) is 29.6 Å². The van der Waals surface area contributed by atoms with Gasteiger partial charge in [0.25, 0.3) is 5.91 Å². The Bertz CT molecular complexity index is 1500. The van der Waals surface area contributed by atoms with E-state index in [2.05, 4.69) is 16.7 Å². The fraction of sp³-hybridized carbons (Fsp3) is 0.515. The minimum atomic E-state index is -4.93. The Labute approximate surface area is 256 Å². The summed E-state index contributed by atoms with van der Waals surface area (Å²) < 4.78 is 91.2. The summed E-state index contributed by atoms with van der Waals surface area (Å²) in [6.07, 6.45) is 0.381. The van der Waals surface area contributed by atoms with Gasteiger partial charge in [-0.15, -0.1) is 0 Å². The summed E-state index contributed by atoms with van der Waals surface area (Å²) in [5, 5.41) is 5.58. The molecule has 6 rings (SSSR count). The van der Waals surface area contributed by atoms with Gasteiger partial charge in [-0.3, -0.25) is 9.59 Å². The second kappa shape index (κ2) is 12.0. The van der Waals surface area contributed by atoms with E-state index in [0.717, 1.165) is 30.9 Å². The number of hydrogen-bond acceptors (Lipinski definition) is 4. The first-order chi connectivity index (χ1) is 21.3. The second-order valence-corrected chi connectivity index (χ2v) is 12.7. The fourth-order valence-corrected chi connectivity index (χ4v) is 7.10. The molecule has 2 aromatic carbocycles. The van der Waals surface area contributed by atoms with Crippen LogP contribution < -0.4 is 15.4 Å². The highest BCUT2D eigenvalue weighted by Crippen LogP contribution is 2.54. The van der Waals surface area contributed by atoms with E-state index in [4.69, 9.17) is 9.47 Å². The number of rotatable bonds is 10. The Morgan fingerprint density at radius 2 is 1.76 bits per heavy atom. The summed E-state index contributed by atoms with van der Waals surface area (Å²) in [6, 6.07) is 6.62. The van der Waals surface area contributed by atoms with Crippen molar-refractivity contribution in [2.75, 3.05) is 19.0 Å². The molecule has 0 heterocycles. The zero-order valence-corrected chi connectivity index (χ0v) is 24.6. The first kappa shape index (κ1) is 31.4. The van der Waals surface area contributed by atoms with Crippen LogP contribution in [0.3, 0.4) is 0 Å². The monoisotopic (exact) mass is 636 g/mol. The molecule has 4 aliphatic rings. The normalized spacial score (nSPS) is 26.5. The van der Waals surface area contributed by atoms with Crippen molar-refractivity contribution < 1.29 is 45.4 Å². The van der Waals surface area contributed by atoms with Crippen LogP contribution in [0.15, 0.2) is 48.0 Å². The number of carbonyl (C=O) groups excluding carboxylic acids is 2. The molecule has 4 saturated carbocycles. The maximum atomic E-state index is 13.9. The molecule has 0 radical (unpaired) electrons. The molecule has 4 atom stereocenters. The molecular weight excluding hydrogens is 602 g/mol.